The number of aromatic hydroxyl groups is 6. The zero-order valence-corrected chi connectivity index (χ0v) is 18.3. The Hall–Kier alpha value is -4.78. The Balaban J connectivity index is 1.68. The zero-order valence-electron chi connectivity index (χ0n) is 18.3. The number of rotatable bonds is 4. The largest absolute Gasteiger partial charge is 0.508 e. The molecule has 1 aliphatic rings. The summed E-state index contributed by atoms with van der Waals surface area (Å²) in [5.41, 5.74) is 3.29. The summed E-state index contributed by atoms with van der Waals surface area (Å²) in [5.74, 6) is -0.826. The highest BCUT2D eigenvalue weighted by molar-refractivity contribution is 5.75. The van der Waals surface area contributed by atoms with Crippen LogP contribution in [-0.2, 0) is 0 Å². The topological polar surface area (TPSA) is 131 Å². The molecule has 0 spiro atoms. The van der Waals surface area contributed by atoms with Crippen LogP contribution in [-0.4, -0.2) is 30.6 Å². The number of benzene rings is 4. The average Bonchev–Trinajstić information content (AvgIpc) is 3.19. The number of hydrogen-bond acceptors (Lipinski definition) is 7. The van der Waals surface area contributed by atoms with E-state index >= 15 is 0 Å². The van der Waals surface area contributed by atoms with Crippen LogP contribution in [0.4, 0.5) is 0 Å². The molecule has 6 N–H and O–H groups in total. The summed E-state index contributed by atoms with van der Waals surface area (Å²) in [6.07, 6.45) is 2.94. The molecular weight excluding hydrogens is 448 g/mol. The van der Waals surface area contributed by atoms with Crippen molar-refractivity contribution in [3.8, 4) is 40.2 Å². The quantitative estimate of drug-likeness (QED) is 0.175. The van der Waals surface area contributed by atoms with Crippen molar-refractivity contribution >= 4 is 12.2 Å². The van der Waals surface area contributed by atoms with Gasteiger partial charge in [0.2, 0.25) is 0 Å². The maximum atomic E-state index is 10.4. The first-order valence-corrected chi connectivity index (χ1v) is 10.8. The van der Waals surface area contributed by atoms with Crippen molar-refractivity contribution in [1.29, 1.82) is 0 Å². The van der Waals surface area contributed by atoms with Crippen molar-refractivity contribution in [3.05, 3.63) is 101 Å². The van der Waals surface area contributed by atoms with Gasteiger partial charge in [-0.1, -0.05) is 30.4 Å². The maximum absolute atomic E-state index is 10.4. The van der Waals surface area contributed by atoms with Crippen molar-refractivity contribution in [2.75, 3.05) is 0 Å². The van der Waals surface area contributed by atoms with Crippen LogP contribution >= 0.6 is 0 Å². The Morgan fingerprint density at radius 1 is 0.571 bits per heavy atom. The zero-order chi connectivity index (χ0) is 24.7. The predicted molar refractivity (Wildman–Crippen MR) is 130 cm³/mol. The highest BCUT2D eigenvalue weighted by atomic mass is 16.5. The summed E-state index contributed by atoms with van der Waals surface area (Å²) in [6, 6.07) is 18.4. The molecule has 1 heterocycles. The highest BCUT2D eigenvalue weighted by Crippen LogP contribution is 2.53. The van der Waals surface area contributed by atoms with Gasteiger partial charge in [-0.3, -0.25) is 0 Å². The third kappa shape index (κ3) is 4.27. The molecular formula is C28H22O7. The monoisotopic (exact) mass is 470 g/mol. The molecule has 176 valence electrons. The minimum Gasteiger partial charge on any atom is -0.508 e. The van der Waals surface area contributed by atoms with E-state index in [0.717, 1.165) is 5.56 Å². The van der Waals surface area contributed by atoms with E-state index in [1.54, 1.807) is 42.5 Å². The molecule has 0 saturated heterocycles. The Bertz CT molecular complexity index is 1420. The Morgan fingerprint density at radius 3 is 1.94 bits per heavy atom. The number of hydrogen-bond donors (Lipinski definition) is 6. The van der Waals surface area contributed by atoms with E-state index in [1.807, 2.05) is 6.08 Å². The lowest BCUT2D eigenvalue weighted by molar-refractivity contribution is 0.221. The smallest absolute Gasteiger partial charge is 0.157 e. The van der Waals surface area contributed by atoms with E-state index in [4.69, 9.17) is 4.74 Å². The summed E-state index contributed by atoms with van der Waals surface area (Å²) in [4.78, 5) is 0. The van der Waals surface area contributed by atoms with Crippen LogP contribution < -0.4 is 4.74 Å². The van der Waals surface area contributed by atoms with E-state index in [1.165, 1.54) is 36.4 Å². The molecule has 35 heavy (non-hydrogen) atoms. The number of phenolic OH excluding ortho intramolecular Hbond substituents is 6. The van der Waals surface area contributed by atoms with Gasteiger partial charge in [0.15, 0.2) is 11.5 Å². The van der Waals surface area contributed by atoms with E-state index < -0.39 is 12.0 Å². The van der Waals surface area contributed by atoms with Crippen molar-refractivity contribution in [1.82, 2.24) is 0 Å². The van der Waals surface area contributed by atoms with Crippen LogP contribution in [0, 0.1) is 0 Å². The minimum atomic E-state index is -0.694. The normalized spacial score (nSPS) is 16.8. The first-order chi connectivity index (χ1) is 16.8. The highest BCUT2D eigenvalue weighted by Gasteiger charge is 2.39. The van der Waals surface area contributed by atoms with Gasteiger partial charge in [-0.15, -0.1) is 0 Å². The second kappa shape index (κ2) is 8.53. The average molecular weight is 470 g/mol. The maximum Gasteiger partial charge on any atom is 0.157 e. The van der Waals surface area contributed by atoms with E-state index in [0.29, 0.717) is 28.0 Å². The number of phenols is 6. The molecule has 4 aromatic carbocycles. The molecule has 0 radical (unpaired) electrons. The molecule has 2 unspecified atom stereocenters. The summed E-state index contributed by atoms with van der Waals surface area (Å²) in [7, 11) is 0. The van der Waals surface area contributed by atoms with Crippen molar-refractivity contribution in [3.63, 3.8) is 0 Å². The number of fused-ring (bicyclic) bond motifs is 1. The van der Waals surface area contributed by atoms with Crippen LogP contribution in [0.2, 0.25) is 0 Å². The van der Waals surface area contributed by atoms with Gasteiger partial charge in [0, 0.05) is 17.7 Å². The van der Waals surface area contributed by atoms with Gasteiger partial charge in [-0.05, 0) is 64.7 Å². The standard InChI is InChI=1S/C28H22O7/c29-19-6-2-15(3-7-19)1-4-16-9-22(32)14-25-26(16)27(18-10-20(30)13-21(31)11-18)28(35-25)17-5-8-23(33)24(34)12-17/h1-14,27-34H/b4-1+. The summed E-state index contributed by atoms with van der Waals surface area (Å²) in [6.45, 7) is 0. The molecule has 4 aromatic rings. The van der Waals surface area contributed by atoms with Gasteiger partial charge in [-0.2, -0.15) is 0 Å². The van der Waals surface area contributed by atoms with Crippen LogP contribution in [0.1, 0.15) is 39.8 Å². The van der Waals surface area contributed by atoms with Crippen LogP contribution in [0.15, 0.2) is 72.8 Å². The third-order valence-electron chi connectivity index (χ3n) is 5.99. The fourth-order valence-corrected chi connectivity index (χ4v) is 4.45. The molecule has 0 aliphatic carbocycles. The van der Waals surface area contributed by atoms with Gasteiger partial charge >= 0.3 is 0 Å². The molecule has 1 aliphatic heterocycles. The van der Waals surface area contributed by atoms with E-state index in [9.17, 15) is 30.6 Å². The Kier molecular flexibility index (Phi) is 5.37. The second-order valence-electron chi connectivity index (χ2n) is 8.42. The molecule has 2 atom stereocenters. The first kappa shape index (κ1) is 22.0. The van der Waals surface area contributed by atoms with Gasteiger partial charge in [0.05, 0.1) is 5.92 Å². The molecule has 7 nitrogen and oxygen atoms in total. The Labute approximate surface area is 200 Å². The first-order valence-electron chi connectivity index (χ1n) is 10.8. The van der Waals surface area contributed by atoms with E-state index in [-0.39, 0.29) is 34.5 Å². The van der Waals surface area contributed by atoms with Gasteiger partial charge < -0.3 is 35.4 Å². The lowest BCUT2D eigenvalue weighted by Crippen LogP contribution is -2.12. The van der Waals surface area contributed by atoms with Gasteiger partial charge in [0.25, 0.3) is 0 Å². The van der Waals surface area contributed by atoms with Crippen molar-refractivity contribution in [2.24, 2.45) is 0 Å². The fraction of sp³-hybridized carbons (Fsp3) is 0.0714. The van der Waals surface area contributed by atoms with Crippen LogP contribution in [0.25, 0.3) is 12.2 Å². The summed E-state index contributed by atoms with van der Waals surface area (Å²) < 4.78 is 6.24. The lowest BCUT2D eigenvalue weighted by Gasteiger charge is -2.21. The van der Waals surface area contributed by atoms with E-state index in [2.05, 4.69) is 0 Å². The molecule has 5 rings (SSSR count). The Morgan fingerprint density at radius 2 is 1.26 bits per heavy atom. The third-order valence-corrected chi connectivity index (χ3v) is 5.99. The summed E-state index contributed by atoms with van der Waals surface area (Å²) >= 11 is 0. The second-order valence-corrected chi connectivity index (χ2v) is 8.42. The predicted octanol–water partition coefficient (Wildman–Crippen LogP) is 5.36. The van der Waals surface area contributed by atoms with Crippen LogP contribution in [0.3, 0.4) is 0 Å². The summed E-state index contributed by atoms with van der Waals surface area (Å²) in [5, 5.41) is 60.2. The molecule has 0 aromatic heterocycles. The van der Waals surface area contributed by atoms with Crippen LogP contribution in [0.5, 0.6) is 40.2 Å². The lowest BCUT2D eigenvalue weighted by atomic mass is 9.82. The van der Waals surface area contributed by atoms with Crippen molar-refractivity contribution in [2.45, 2.75) is 12.0 Å². The molecule has 0 amide bonds. The minimum absolute atomic E-state index is 0.0131. The molecule has 0 fully saturated rings. The SMILES string of the molecule is Oc1ccc(/C=C/c2cc(O)cc3c2C(c2cc(O)cc(O)c2)C(c2ccc(O)c(O)c2)O3)cc1. The fourth-order valence-electron chi connectivity index (χ4n) is 4.45. The molecule has 0 saturated carbocycles. The van der Waals surface area contributed by atoms with Gasteiger partial charge in [-0.25, -0.2) is 0 Å². The van der Waals surface area contributed by atoms with Gasteiger partial charge in [0.1, 0.15) is 34.9 Å². The van der Waals surface area contributed by atoms with Crippen molar-refractivity contribution < 1.29 is 35.4 Å². The number of ether oxygens (including phenoxy) is 1. The molecule has 7 heteroatoms. The molecule has 0 bridgehead atoms.